The molecular weight excluding hydrogens is 514 g/mol. The molecule has 5 rings (SSSR count). The van der Waals surface area contributed by atoms with Gasteiger partial charge in [0.2, 0.25) is 11.8 Å². The lowest BCUT2D eigenvalue weighted by molar-refractivity contribution is -0.144. The SMILES string of the molecule is CC(NC(=O)[C@@H]1C[C@@H](O)CN1C(=O)[C@@H](n1cc(C2CC2)nn1)C(C)(C)C)C1(n2cc(Br)cn2)CC1. The van der Waals surface area contributed by atoms with E-state index in [0.717, 1.165) is 35.8 Å². The zero-order valence-corrected chi connectivity index (χ0v) is 22.3. The van der Waals surface area contributed by atoms with Crippen molar-refractivity contribution in [2.24, 2.45) is 5.41 Å². The number of aliphatic hydroxyl groups is 1. The minimum absolute atomic E-state index is 0.124. The van der Waals surface area contributed by atoms with Crippen LogP contribution in [0.15, 0.2) is 23.1 Å². The van der Waals surface area contributed by atoms with Gasteiger partial charge >= 0.3 is 0 Å². The summed E-state index contributed by atoms with van der Waals surface area (Å²) in [6, 6.07) is -1.54. The van der Waals surface area contributed by atoms with Crippen molar-refractivity contribution in [1.29, 1.82) is 0 Å². The van der Waals surface area contributed by atoms with Crippen LogP contribution in [-0.2, 0) is 15.1 Å². The van der Waals surface area contributed by atoms with E-state index in [1.54, 1.807) is 10.9 Å². The molecule has 11 heteroatoms. The van der Waals surface area contributed by atoms with E-state index in [0.29, 0.717) is 5.92 Å². The number of carbonyl (C=O) groups excluding carboxylic acids is 2. The topological polar surface area (TPSA) is 118 Å². The fraction of sp³-hybridized carbons (Fsp3) is 0.708. The van der Waals surface area contributed by atoms with Crippen LogP contribution in [0.25, 0.3) is 0 Å². The summed E-state index contributed by atoms with van der Waals surface area (Å²) < 4.78 is 4.45. The first-order valence-electron chi connectivity index (χ1n) is 12.4. The number of aliphatic hydroxyl groups excluding tert-OH is 1. The van der Waals surface area contributed by atoms with Gasteiger partial charge < -0.3 is 15.3 Å². The second-order valence-corrected chi connectivity index (χ2v) is 12.4. The number of β-amino-alcohol motifs (C(OH)–C–C–N with tert-alkyl or cyclic N) is 1. The number of hydrogen-bond donors (Lipinski definition) is 2. The van der Waals surface area contributed by atoms with Gasteiger partial charge in [-0.3, -0.25) is 14.3 Å². The summed E-state index contributed by atoms with van der Waals surface area (Å²) in [5, 5.41) is 26.6. The lowest BCUT2D eigenvalue weighted by Gasteiger charge is -2.35. The lowest BCUT2D eigenvalue weighted by atomic mass is 9.85. The third kappa shape index (κ3) is 4.64. The van der Waals surface area contributed by atoms with Gasteiger partial charge in [-0.2, -0.15) is 5.10 Å². The Hall–Kier alpha value is -2.27. The molecule has 1 unspecified atom stereocenters. The minimum atomic E-state index is -0.750. The average molecular weight is 548 g/mol. The Kier molecular flexibility index (Phi) is 6.06. The molecule has 1 aliphatic heterocycles. The van der Waals surface area contributed by atoms with Crippen LogP contribution in [-0.4, -0.2) is 71.3 Å². The summed E-state index contributed by atoms with van der Waals surface area (Å²) in [6.45, 7) is 8.05. The molecule has 0 spiro atoms. The van der Waals surface area contributed by atoms with Gasteiger partial charge in [0.15, 0.2) is 0 Å². The highest BCUT2D eigenvalue weighted by molar-refractivity contribution is 9.10. The zero-order chi connectivity index (χ0) is 25.1. The summed E-state index contributed by atoms with van der Waals surface area (Å²) in [6.07, 6.45) is 9.03. The van der Waals surface area contributed by atoms with Crippen molar-refractivity contribution in [3.63, 3.8) is 0 Å². The predicted molar refractivity (Wildman–Crippen MR) is 131 cm³/mol. The fourth-order valence-corrected chi connectivity index (χ4v) is 5.59. The second kappa shape index (κ2) is 8.69. The maximum absolute atomic E-state index is 13.9. The second-order valence-electron chi connectivity index (χ2n) is 11.5. The van der Waals surface area contributed by atoms with Crippen LogP contribution < -0.4 is 5.32 Å². The summed E-state index contributed by atoms with van der Waals surface area (Å²) in [5.41, 5.74) is 0.192. The lowest BCUT2D eigenvalue weighted by Crippen LogP contribution is -2.54. The van der Waals surface area contributed by atoms with Crippen LogP contribution in [0.4, 0.5) is 0 Å². The van der Waals surface area contributed by atoms with E-state index >= 15 is 0 Å². The third-order valence-electron chi connectivity index (χ3n) is 7.64. The Morgan fingerprint density at radius 2 is 1.97 bits per heavy atom. The van der Waals surface area contributed by atoms with Crippen molar-refractivity contribution in [2.75, 3.05) is 6.54 Å². The first-order valence-corrected chi connectivity index (χ1v) is 13.2. The summed E-state index contributed by atoms with van der Waals surface area (Å²) in [7, 11) is 0. The predicted octanol–water partition coefficient (Wildman–Crippen LogP) is 2.36. The van der Waals surface area contributed by atoms with Gasteiger partial charge in [0.25, 0.3) is 0 Å². The molecule has 10 nitrogen and oxygen atoms in total. The summed E-state index contributed by atoms with van der Waals surface area (Å²) in [4.78, 5) is 28.9. The van der Waals surface area contributed by atoms with E-state index in [1.807, 2.05) is 44.8 Å². The molecule has 0 aromatic carbocycles. The number of halogens is 1. The zero-order valence-electron chi connectivity index (χ0n) is 20.7. The van der Waals surface area contributed by atoms with Crippen LogP contribution in [0, 0.1) is 5.41 Å². The Balaban J connectivity index is 1.34. The number of aromatic nitrogens is 5. The molecule has 2 aliphatic carbocycles. The molecule has 3 aliphatic rings. The van der Waals surface area contributed by atoms with Gasteiger partial charge in [-0.1, -0.05) is 26.0 Å². The van der Waals surface area contributed by atoms with Crippen molar-refractivity contribution < 1.29 is 14.7 Å². The molecule has 4 atom stereocenters. The third-order valence-corrected chi connectivity index (χ3v) is 8.05. The van der Waals surface area contributed by atoms with Crippen LogP contribution >= 0.6 is 15.9 Å². The molecular formula is C24H34BrN7O3. The number of nitrogens with one attached hydrogen (secondary N) is 1. The monoisotopic (exact) mass is 547 g/mol. The van der Waals surface area contributed by atoms with Crippen molar-refractivity contribution in [2.45, 2.75) is 95.5 Å². The van der Waals surface area contributed by atoms with E-state index < -0.39 is 23.6 Å². The van der Waals surface area contributed by atoms with Crippen molar-refractivity contribution in [3.8, 4) is 0 Å². The van der Waals surface area contributed by atoms with Crippen LogP contribution in [0.1, 0.15) is 77.5 Å². The Morgan fingerprint density at radius 1 is 1.26 bits per heavy atom. The maximum Gasteiger partial charge on any atom is 0.248 e. The van der Waals surface area contributed by atoms with Crippen LogP contribution in [0.5, 0.6) is 0 Å². The Morgan fingerprint density at radius 3 is 2.54 bits per heavy atom. The normalized spacial score (nSPS) is 25.4. The van der Waals surface area contributed by atoms with Gasteiger partial charge in [-0.15, -0.1) is 5.10 Å². The number of hydrogen-bond acceptors (Lipinski definition) is 6. The maximum atomic E-state index is 13.9. The molecule has 35 heavy (non-hydrogen) atoms. The Labute approximate surface area is 213 Å². The smallest absolute Gasteiger partial charge is 0.248 e. The average Bonchev–Trinajstić information content (AvgIpc) is 3.66. The van der Waals surface area contributed by atoms with Gasteiger partial charge in [-0.05, 0) is 54.0 Å². The number of amides is 2. The van der Waals surface area contributed by atoms with Crippen LogP contribution in [0.2, 0.25) is 0 Å². The number of rotatable bonds is 7. The first-order chi connectivity index (χ1) is 16.5. The first kappa shape index (κ1) is 24.4. The van der Waals surface area contributed by atoms with Crippen molar-refractivity contribution in [3.05, 3.63) is 28.8 Å². The molecule has 3 fully saturated rings. The molecule has 2 N–H and O–H groups in total. The molecule has 190 valence electrons. The van der Waals surface area contributed by atoms with Crippen LogP contribution in [0.3, 0.4) is 0 Å². The molecule has 2 saturated carbocycles. The number of nitrogens with zero attached hydrogens (tertiary/aromatic N) is 6. The van der Waals surface area contributed by atoms with E-state index in [9.17, 15) is 14.7 Å². The minimum Gasteiger partial charge on any atom is -0.391 e. The van der Waals surface area contributed by atoms with E-state index in [-0.39, 0.29) is 36.4 Å². The standard InChI is InChI=1S/C24H34BrN7O3/c1-14(24(7-8-24)32-11-16(25)10-26-32)27-21(34)19-9-17(33)12-30(19)22(35)20(23(2,3)4)31-13-18(28-29-31)15-5-6-15/h10-11,13-15,17,19-20,33H,5-9,12H2,1-4H3,(H,27,34)/t14?,17-,19+,20-/m1/s1. The van der Waals surface area contributed by atoms with Gasteiger partial charge in [0, 0.05) is 31.3 Å². The molecule has 2 aromatic heterocycles. The fourth-order valence-electron chi connectivity index (χ4n) is 5.30. The quantitative estimate of drug-likeness (QED) is 0.549. The summed E-state index contributed by atoms with van der Waals surface area (Å²) >= 11 is 3.44. The highest BCUT2D eigenvalue weighted by Crippen LogP contribution is 2.46. The molecule has 0 radical (unpaired) electrons. The molecule has 0 bridgehead atoms. The van der Waals surface area contributed by atoms with Gasteiger partial charge in [0.05, 0.1) is 34.0 Å². The highest BCUT2D eigenvalue weighted by atomic mass is 79.9. The van der Waals surface area contributed by atoms with Crippen molar-refractivity contribution in [1.82, 2.24) is 35.0 Å². The number of carbonyl (C=O) groups is 2. The van der Waals surface area contributed by atoms with Gasteiger partial charge in [-0.25, -0.2) is 4.68 Å². The molecule has 1 saturated heterocycles. The van der Waals surface area contributed by atoms with E-state index in [1.165, 1.54) is 4.90 Å². The van der Waals surface area contributed by atoms with E-state index in [2.05, 4.69) is 36.7 Å². The van der Waals surface area contributed by atoms with Crippen molar-refractivity contribution >= 4 is 27.7 Å². The van der Waals surface area contributed by atoms with E-state index in [4.69, 9.17) is 0 Å². The molecule has 2 aromatic rings. The Bertz CT molecular complexity index is 1110. The van der Waals surface area contributed by atoms with Gasteiger partial charge in [0.1, 0.15) is 12.1 Å². The molecule has 2 amide bonds. The molecule has 3 heterocycles. The largest absolute Gasteiger partial charge is 0.391 e. The number of likely N-dealkylation sites (tertiary alicyclic amines) is 1. The summed E-state index contributed by atoms with van der Waals surface area (Å²) in [5.74, 6) is -0.0331. The highest BCUT2D eigenvalue weighted by Gasteiger charge is 2.52.